The van der Waals surface area contributed by atoms with E-state index in [-0.39, 0.29) is 5.41 Å². The maximum absolute atomic E-state index is 5.26. The summed E-state index contributed by atoms with van der Waals surface area (Å²) in [5.74, 6) is 3.54. The summed E-state index contributed by atoms with van der Waals surface area (Å²) in [6.45, 7) is 12.0. The zero-order valence-electron chi connectivity index (χ0n) is 17.8. The number of piperidine rings is 1. The molecule has 0 saturated carbocycles. The molecule has 0 aliphatic carbocycles. The highest BCUT2D eigenvalue weighted by Gasteiger charge is 2.19. The van der Waals surface area contributed by atoms with E-state index >= 15 is 0 Å². The molecule has 1 N–H and O–H groups in total. The van der Waals surface area contributed by atoms with E-state index in [2.05, 4.69) is 60.0 Å². The molecule has 2 aromatic heterocycles. The van der Waals surface area contributed by atoms with Crippen LogP contribution >= 0.6 is 0 Å². The third-order valence-corrected chi connectivity index (χ3v) is 5.13. The number of pyridine rings is 1. The molecule has 0 aromatic carbocycles. The van der Waals surface area contributed by atoms with E-state index < -0.39 is 0 Å². The molecule has 6 heteroatoms. The van der Waals surface area contributed by atoms with Gasteiger partial charge >= 0.3 is 0 Å². The van der Waals surface area contributed by atoms with Gasteiger partial charge < -0.3 is 15.0 Å². The van der Waals surface area contributed by atoms with Crippen molar-refractivity contribution in [3.05, 3.63) is 41.5 Å². The molecule has 0 radical (unpaired) electrons. The lowest BCUT2D eigenvalue weighted by Crippen LogP contribution is -2.33. The SMILES string of the molecule is COCc1cc(NCc2ccc(N3CCC(C)CC3)nc2)nc(C(C)(C)C)n1. The zero-order valence-corrected chi connectivity index (χ0v) is 17.8. The van der Waals surface area contributed by atoms with Crippen molar-refractivity contribution >= 4 is 11.6 Å². The van der Waals surface area contributed by atoms with E-state index in [1.165, 1.54) is 12.8 Å². The summed E-state index contributed by atoms with van der Waals surface area (Å²) in [5.41, 5.74) is 1.91. The van der Waals surface area contributed by atoms with Crippen LogP contribution in [0.1, 0.15) is 57.6 Å². The van der Waals surface area contributed by atoms with Gasteiger partial charge in [0.05, 0.1) is 12.3 Å². The van der Waals surface area contributed by atoms with Gasteiger partial charge in [0.2, 0.25) is 0 Å². The molecular formula is C22H33N5O. The summed E-state index contributed by atoms with van der Waals surface area (Å²) in [7, 11) is 1.68. The van der Waals surface area contributed by atoms with Gasteiger partial charge in [-0.15, -0.1) is 0 Å². The average Bonchev–Trinajstić information content (AvgIpc) is 2.67. The van der Waals surface area contributed by atoms with E-state index in [0.717, 1.165) is 47.7 Å². The van der Waals surface area contributed by atoms with Gasteiger partial charge in [-0.3, -0.25) is 0 Å². The third kappa shape index (κ3) is 5.41. The van der Waals surface area contributed by atoms with Crippen LogP contribution in [0.15, 0.2) is 24.4 Å². The molecule has 2 aromatic rings. The molecular weight excluding hydrogens is 350 g/mol. The number of ether oxygens (including phenoxy) is 1. The minimum Gasteiger partial charge on any atom is -0.378 e. The normalized spacial score (nSPS) is 15.7. The van der Waals surface area contributed by atoms with Crippen LogP contribution in [0.3, 0.4) is 0 Å². The summed E-state index contributed by atoms with van der Waals surface area (Å²) in [4.78, 5) is 16.4. The van der Waals surface area contributed by atoms with Crippen molar-refractivity contribution in [1.82, 2.24) is 15.0 Å². The number of nitrogens with one attached hydrogen (secondary N) is 1. The summed E-state index contributed by atoms with van der Waals surface area (Å²) in [6.07, 6.45) is 4.46. The lowest BCUT2D eigenvalue weighted by Gasteiger charge is -2.31. The van der Waals surface area contributed by atoms with Crippen molar-refractivity contribution < 1.29 is 4.74 Å². The Morgan fingerprint density at radius 3 is 2.54 bits per heavy atom. The Morgan fingerprint density at radius 1 is 1.18 bits per heavy atom. The van der Waals surface area contributed by atoms with Gasteiger partial charge in [0, 0.05) is 44.4 Å². The van der Waals surface area contributed by atoms with Crippen LogP contribution in [-0.4, -0.2) is 35.2 Å². The molecule has 1 saturated heterocycles. The first kappa shape index (κ1) is 20.5. The number of hydrogen-bond donors (Lipinski definition) is 1. The molecule has 152 valence electrons. The van der Waals surface area contributed by atoms with Crippen molar-refractivity contribution in [3.8, 4) is 0 Å². The quantitative estimate of drug-likeness (QED) is 0.808. The van der Waals surface area contributed by atoms with Crippen LogP contribution in [0.2, 0.25) is 0 Å². The summed E-state index contributed by atoms with van der Waals surface area (Å²) in [5, 5.41) is 3.42. The first-order valence-electron chi connectivity index (χ1n) is 10.2. The molecule has 0 atom stereocenters. The van der Waals surface area contributed by atoms with Crippen molar-refractivity contribution in [2.45, 2.75) is 59.1 Å². The van der Waals surface area contributed by atoms with Gasteiger partial charge in [0.25, 0.3) is 0 Å². The summed E-state index contributed by atoms with van der Waals surface area (Å²) in [6, 6.07) is 6.23. The van der Waals surface area contributed by atoms with Crippen molar-refractivity contribution in [3.63, 3.8) is 0 Å². The largest absolute Gasteiger partial charge is 0.378 e. The topological polar surface area (TPSA) is 63.2 Å². The predicted molar refractivity (Wildman–Crippen MR) is 114 cm³/mol. The van der Waals surface area contributed by atoms with Gasteiger partial charge in [-0.2, -0.15) is 0 Å². The van der Waals surface area contributed by atoms with Gasteiger partial charge in [-0.05, 0) is 30.4 Å². The Labute approximate surface area is 168 Å². The molecule has 1 aliphatic rings. The monoisotopic (exact) mass is 383 g/mol. The lowest BCUT2D eigenvalue weighted by atomic mass is 9.95. The number of aromatic nitrogens is 3. The van der Waals surface area contributed by atoms with Gasteiger partial charge in [-0.1, -0.05) is 33.8 Å². The van der Waals surface area contributed by atoms with Crippen molar-refractivity contribution in [2.24, 2.45) is 5.92 Å². The minimum atomic E-state index is -0.116. The molecule has 3 heterocycles. The van der Waals surface area contributed by atoms with Crippen molar-refractivity contribution in [1.29, 1.82) is 0 Å². The maximum Gasteiger partial charge on any atom is 0.136 e. The first-order valence-corrected chi connectivity index (χ1v) is 10.2. The molecule has 0 bridgehead atoms. The van der Waals surface area contributed by atoms with Crippen molar-refractivity contribution in [2.75, 3.05) is 30.4 Å². The number of hydrogen-bond acceptors (Lipinski definition) is 6. The lowest BCUT2D eigenvalue weighted by molar-refractivity contribution is 0.181. The third-order valence-electron chi connectivity index (χ3n) is 5.13. The van der Waals surface area contributed by atoms with Crippen LogP contribution in [-0.2, 0) is 23.3 Å². The molecule has 0 spiro atoms. The number of methoxy groups -OCH3 is 1. The van der Waals surface area contributed by atoms with Crippen LogP contribution < -0.4 is 10.2 Å². The first-order chi connectivity index (χ1) is 13.3. The fourth-order valence-corrected chi connectivity index (χ4v) is 3.28. The highest BCUT2D eigenvalue weighted by molar-refractivity contribution is 5.42. The highest BCUT2D eigenvalue weighted by Crippen LogP contribution is 2.23. The summed E-state index contributed by atoms with van der Waals surface area (Å²) < 4.78 is 5.26. The maximum atomic E-state index is 5.26. The molecule has 28 heavy (non-hydrogen) atoms. The van der Waals surface area contributed by atoms with Gasteiger partial charge in [0.15, 0.2) is 0 Å². The number of anilines is 2. The summed E-state index contributed by atoms with van der Waals surface area (Å²) >= 11 is 0. The highest BCUT2D eigenvalue weighted by atomic mass is 16.5. The van der Waals surface area contributed by atoms with E-state index in [4.69, 9.17) is 9.72 Å². The Balaban J connectivity index is 1.65. The zero-order chi connectivity index (χ0) is 20.1. The second-order valence-electron chi connectivity index (χ2n) is 8.80. The molecule has 6 nitrogen and oxygen atoms in total. The smallest absolute Gasteiger partial charge is 0.136 e. The molecule has 3 rings (SSSR count). The molecule has 0 unspecified atom stereocenters. The minimum absolute atomic E-state index is 0.116. The Bertz CT molecular complexity index is 761. The van der Waals surface area contributed by atoms with Gasteiger partial charge in [-0.25, -0.2) is 15.0 Å². The Kier molecular flexibility index (Phi) is 6.50. The average molecular weight is 384 g/mol. The second-order valence-corrected chi connectivity index (χ2v) is 8.80. The second kappa shape index (κ2) is 8.86. The van der Waals surface area contributed by atoms with Crippen LogP contribution in [0.25, 0.3) is 0 Å². The van der Waals surface area contributed by atoms with E-state index in [1.807, 2.05) is 12.3 Å². The molecule has 1 aliphatic heterocycles. The Hall–Kier alpha value is -2.21. The van der Waals surface area contributed by atoms with E-state index in [0.29, 0.717) is 13.2 Å². The van der Waals surface area contributed by atoms with E-state index in [9.17, 15) is 0 Å². The van der Waals surface area contributed by atoms with E-state index in [1.54, 1.807) is 7.11 Å². The molecule has 1 fully saturated rings. The number of nitrogens with zero attached hydrogens (tertiary/aromatic N) is 4. The van der Waals surface area contributed by atoms with Crippen LogP contribution in [0.4, 0.5) is 11.6 Å². The van der Waals surface area contributed by atoms with Crippen LogP contribution in [0.5, 0.6) is 0 Å². The number of rotatable bonds is 6. The van der Waals surface area contributed by atoms with Gasteiger partial charge in [0.1, 0.15) is 17.5 Å². The Morgan fingerprint density at radius 2 is 1.93 bits per heavy atom. The predicted octanol–water partition coefficient (Wildman–Crippen LogP) is 4.16. The fraction of sp³-hybridized carbons (Fsp3) is 0.591. The van der Waals surface area contributed by atoms with Crippen LogP contribution in [0, 0.1) is 5.92 Å². The molecule has 0 amide bonds. The fourth-order valence-electron chi connectivity index (χ4n) is 3.28. The standard InChI is InChI=1S/C22H33N5O/c1-16-8-10-27(11-9-16)20-7-6-17(14-24-20)13-23-19-12-18(15-28-5)25-21(26-19)22(2,3)4/h6-7,12,14,16H,8-11,13,15H2,1-5H3,(H,23,25,26).